The van der Waals surface area contributed by atoms with Gasteiger partial charge in [0.2, 0.25) is 0 Å². The summed E-state index contributed by atoms with van der Waals surface area (Å²) in [6.07, 6.45) is 0. The van der Waals surface area contributed by atoms with Gasteiger partial charge in [0, 0.05) is 11.1 Å². The van der Waals surface area contributed by atoms with E-state index in [1.165, 1.54) is 99.8 Å². The molecule has 9 aromatic rings. The van der Waals surface area contributed by atoms with Crippen LogP contribution in [0.25, 0.3) is 55.3 Å². The third-order valence-corrected chi connectivity index (χ3v) is 13.1. The smallest absolute Gasteiger partial charge is 0.132 e. The van der Waals surface area contributed by atoms with Gasteiger partial charge < -0.3 is 4.74 Å². The molecule has 0 unspecified atom stereocenters. The maximum atomic E-state index is 6.79. The van der Waals surface area contributed by atoms with Crippen molar-refractivity contribution in [2.75, 3.05) is 0 Å². The third kappa shape index (κ3) is 3.50. The number of ether oxygens (including phenoxy) is 1. The van der Waals surface area contributed by atoms with Crippen LogP contribution in [0.3, 0.4) is 0 Å². The summed E-state index contributed by atoms with van der Waals surface area (Å²) >= 11 is 0. The topological polar surface area (TPSA) is 9.23 Å². The molecule has 1 nitrogen and oxygen atoms in total. The molecule has 1 heteroatoms. The minimum Gasteiger partial charge on any atom is -0.457 e. The SMILES string of the molecule is c1ccc2c(c1)Oc1ccc(-c3ccc4c(c3)C3(c5ccccc5-c5ccccc53)c3cc5ccccc5cc3-4)cc1C21c2ccccc2-c2ccccc21. The summed E-state index contributed by atoms with van der Waals surface area (Å²) in [4.78, 5) is 0. The maximum absolute atomic E-state index is 6.79. The van der Waals surface area contributed by atoms with Gasteiger partial charge in [-0.05, 0) is 125 Å². The van der Waals surface area contributed by atoms with Crippen LogP contribution in [0.2, 0.25) is 0 Å². The number of para-hydroxylation sites is 1. The van der Waals surface area contributed by atoms with Crippen molar-refractivity contribution in [2.24, 2.45) is 0 Å². The van der Waals surface area contributed by atoms with Crippen molar-refractivity contribution < 1.29 is 4.74 Å². The minimum absolute atomic E-state index is 0.432. The van der Waals surface area contributed by atoms with Gasteiger partial charge in [-0.3, -0.25) is 0 Å². The summed E-state index contributed by atoms with van der Waals surface area (Å²) in [7, 11) is 0. The lowest BCUT2D eigenvalue weighted by atomic mass is 9.65. The van der Waals surface area contributed by atoms with E-state index in [4.69, 9.17) is 4.74 Å². The van der Waals surface area contributed by atoms with Crippen LogP contribution < -0.4 is 4.74 Å². The molecule has 0 radical (unpaired) electrons. The predicted octanol–water partition coefficient (Wildman–Crippen LogP) is 13.3. The van der Waals surface area contributed by atoms with E-state index in [2.05, 4.69) is 194 Å². The van der Waals surface area contributed by atoms with E-state index >= 15 is 0 Å². The second-order valence-electron chi connectivity index (χ2n) is 15.5. The Bertz CT molecular complexity index is 3050. The second-order valence-corrected chi connectivity index (χ2v) is 15.5. The van der Waals surface area contributed by atoms with Gasteiger partial charge in [-0.15, -0.1) is 0 Å². The number of benzene rings is 9. The van der Waals surface area contributed by atoms with Gasteiger partial charge in [-0.2, -0.15) is 0 Å². The molecule has 9 aromatic carbocycles. The summed E-state index contributed by atoms with van der Waals surface area (Å²) < 4.78 is 6.79. The Balaban J connectivity index is 1.09. The van der Waals surface area contributed by atoms with Crippen LogP contribution in [0.1, 0.15) is 44.5 Å². The van der Waals surface area contributed by atoms with Crippen molar-refractivity contribution in [3.8, 4) is 56.0 Å². The lowest BCUT2D eigenvalue weighted by Gasteiger charge is -2.39. The first-order valence-electron chi connectivity index (χ1n) is 19.3. The van der Waals surface area contributed by atoms with E-state index in [0.717, 1.165) is 11.5 Å². The van der Waals surface area contributed by atoms with Crippen molar-refractivity contribution in [3.05, 3.63) is 239 Å². The minimum atomic E-state index is -0.509. The second kappa shape index (κ2) is 10.4. The molecule has 1 aliphatic heterocycles. The van der Waals surface area contributed by atoms with Crippen LogP contribution in [0.4, 0.5) is 0 Å². The van der Waals surface area contributed by atoms with Crippen LogP contribution in [-0.2, 0) is 10.8 Å². The molecule has 3 aliphatic carbocycles. The molecule has 0 aromatic heterocycles. The molecule has 0 bridgehead atoms. The molecule has 2 spiro atoms. The molecule has 4 aliphatic rings. The van der Waals surface area contributed by atoms with Gasteiger partial charge in [0.1, 0.15) is 11.5 Å². The average molecular weight is 697 g/mol. The Morgan fingerprint density at radius 1 is 0.255 bits per heavy atom. The monoisotopic (exact) mass is 696 g/mol. The first-order valence-corrected chi connectivity index (χ1v) is 19.3. The van der Waals surface area contributed by atoms with E-state index < -0.39 is 10.8 Å². The molecule has 0 fully saturated rings. The molecule has 1 heterocycles. The Labute approximate surface area is 319 Å². The summed E-state index contributed by atoms with van der Waals surface area (Å²) in [6, 6.07) is 72.5. The highest BCUT2D eigenvalue weighted by atomic mass is 16.5. The number of hydrogen-bond acceptors (Lipinski definition) is 1. The van der Waals surface area contributed by atoms with Crippen molar-refractivity contribution >= 4 is 10.8 Å². The van der Waals surface area contributed by atoms with Gasteiger partial charge in [-0.25, -0.2) is 0 Å². The van der Waals surface area contributed by atoms with Gasteiger partial charge in [0.15, 0.2) is 0 Å². The van der Waals surface area contributed by atoms with E-state index in [1.54, 1.807) is 0 Å². The summed E-state index contributed by atoms with van der Waals surface area (Å²) in [5.74, 6) is 1.82. The summed E-state index contributed by atoms with van der Waals surface area (Å²) in [5.41, 5.74) is 19.7. The van der Waals surface area contributed by atoms with Crippen LogP contribution in [0, 0.1) is 0 Å². The molecule has 0 amide bonds. The van der Waals surface area contributed by atoms with Crippen LogP contribution in [0.15, 0.2) is 194 Å². The van der Waals surface area contributed by atoms with Crippen LogP contribution >= 0.6 is 0 Å². The molecule has 0 saturated heterocycles. The first kappa shape index (κ1) is 29.5. The Kier molecular flexibility index (Phi) is 5.56. The fraction of sp³-hybridized carbons (Fsp3) is 0.0370. The zero-order valence-corrected chi connectivity index (χ0v) is 29.9. The summed E-state index contributed by atoms with van der Waals surface area (Å²) in [5, 5.41) is 2.54. The highest BCUT2D eigenvalue weighted by molar-refractivity contribution is 6.00. The van der Waals surface area contributed by atoms with E-state index in [9.17, 15) is 0 Å². The number of rotatable bonds is 1. The Morgan fingerprint density at radius 2 is 0.655 bits per heavy atom. The largest absolute Gasteiger partial charge is 0.457 e. The van der Waals surface area contributed by atoms with E-state index in [-0.39, 0.29) is 0 Å². The Morgan fingerprint density at radius 3 is 1.25 bits per heavy atom. The van der Waals surface area contributed by atoms with Gasteiger partial charge in [0.05, 0.1) is 10.8 Å². The van der Waals surface area contributed by atoms with Crippen molar-refractivity contribution in [1.82, 2.24) is 0 Å². The zero-order valence-electron chi connectivity index (χ0n) is 29.9. The van der Waals surface area contributed by atoms with Crippen molar-refractivity contribution in [1.29, 1.82) is 0 Å². The molecule has 13 rings (SSSR count). The number of fused-ring (bicyclic) bond motifs is 20. The van der Waals surface area contributed by atoms with Crippen LogP contribution in [0.5, 0.6) is 11.5 Å². The van der Waals surface area contributed by atoms with Crippen molar-refractivity contribution in [2.45, 2.75) is 10.8 Å². The Hall–Kier alpha value is -6.96. The first-order chi connectivity index (χ1) is 27.3. The fourth-order valence-electron chi connectivity index (χ4n) is 11.0. The lowest BCUT2D eigenvalue weighted by Crippen LogP contribution is -2.32. The fourth-order valence-corrected chi connectivity index (χ4v) is 11.0. The van der Waals surface area contributed by atoms with Gasteiger partial charge in [0.25, 0.3) is 0 Å². The molecular formula is C54H32O. The molecule has 0 saturated carbocycles. The predicted molar refractivity (Wildman–Crippen MR) is 223 cm³/mol. The molecule has 0 atom stereocenters. The molecule has 0 N–H and O–H groups in total. The van der Waals surface area contributed by atoms with Gasteiger partial charge >= 0.3 is 0 Å². The maximum Gasteiger partial charge on any atom is 0.132 e. The molecule has 55 heavy (non-hydrogen) atoms. The average Bonchev–Trinajstić information content (AvgIpc) is 3.83. The van der Waals surface area contributed by atoms with Crippen LogP contribution in [-0.4, -0.2) is 0 Å². The van der Waals surface area contributed by atoms with Crippen molar-refractivity contribution in [3.63, 3.8) is 0 Å². The molecule has 254 valence electrons. The zero-order chi connectivity index (χ0) is 35.9. The standard InChI is InChI=1S/C54H32O/c1-2-14-34-30-49-42(29-33(34)13-1)41-27-25-35(31-48(41)54(49)45-21-9-5-17-39(45)40-18-6-10-22-46(40)54)36-26-28-52-50(32-36)53(47-23-11-12-24-51(47)55-52)43-19-7-3-15-37(43)38-16-4-8-20-44(38)53/h1-32H. The molecular weight excluding hydrogens is 665 g/mol. The van der Waals surface area contributed by atoms with Gasteiger partial charge in [-0.1, -0.05) is 158 Å². The highest BCUT2D eigenvalue weighted by Crippen LogP contribution is 2.65. The van der Waals surface area contributed by atoms with E-state index in [0.29, 0.717) is 0 Å². The highest BCUT2D eigenvalue weighted by Gasteiger charge is 2.53. The summed E-state index contributed by atoms with van der Waals surface area (Å²) in [6.45, 7) is 0. The van der Waals surface area contributed by atoms with E-state index in [1.807, 2.05) is 0 Å². The quantitative estimate of drug-likeness (QED) is 0.166. The lowest BCUT2D eigenvalue weighted by molar-refractivity contribution is 0.436. The third-order valence-electron chi connectivity index (χ3n) is 13.1. The normalized spacial score (nSPS) is 15.0. The number of hydrogen-bond donors (Lipinski definition) is 0.